The van der Waals surface area contributed by atoms with E-state index in [1.54, 1.807) is 30.3 Å². The minimum Gasteiger partial charge on any atom is -0.459 e. The molecule has 4 rings (SSSR count). The third-order valence-corrected chi connectivity index (χ3v) is 4.59. The van der Waals surface area contributed by atoms with Crippen LogP contribution in [-0.4, -0.2) is 5.91 Å². The maximum Gasteiger partial charge on any atom is 0.291 e. The van der Waals surface area contributed by atoms with E-state index in [0.29, 0.717) is 28.3 Å². The molecule has 0 radical (unpaired) electrons. The molecule has 4 aromatic rings. The smallest absolute Gasteiger partial charge is 0.291 e. The average Bonchev–Trinajstić information content (AvgIpc) is 3.23. The fourth-order valence-corrected chi connectivity index (χ4v) is 3.01. The van der Waals surface area contributed by atoms with Crippen molar-refractivity contribution in [1.82, 2.24) is 0 Å². The molecule has 0 spiro atoms. The van der Waals surface area contributed by atoms with Crippen LogP contribution in [0.25, 0.3) is 22.3 Å². The Kier molecular flexibility index (Phi) is 4.57. The van der Waals surface area contributed by atoms with Crippen LogP contribution in [0.3, 0.4) is 0 Å². The molecule has 0 aliphatic carbocycles. The van der Waals surface area contributed by atoms with Gasteiger partial charge in [-0.3, -0.25) is 9.59 Å². The number of carbonyl (C=O) groups is 1. The molecule has 140 valence electrons. The number of amides is 1. The molecule has 0 unspecified atom stereocenters. The second-order valence-electron chi connectivity index (χ2n) is 6.89. The zero-order chi connectivity index (χ0) is 19.7. The summed E-state index contributed by atoms with van der Waals surface area (Å²) in [6.45, 7) is 4.26. The zero-order valence-corrected chi connectivity index (χ0v) is 15.6. The molecule has 0 saturated carbocycles. The van der Waals surface area contributed by atoms with Crippen molar-refractivity contribution < 1.29 is 13.6 Å². The largest absolute Gasteiger partial charge is 0.459 e. The molecule has 1 amide bonds. The summed E-state index contributed by atoms with van der Waals surface area (Å²) < 4.78 is 11.0. The molecule has 5 heteroatoms. The third kappa shape index (κ3) is 3.47. The standard InChI is InChI=1S/C23H19NO4/c1-14(2)15-5-7-16(8-6-15)22-13-19(25)18-12-17(9-10-20(18)28-22)24-23(26)21-4-3-11-27-21/h3-14H,1-2H3,(H,24,26). The van der Waals surface area contributed by atoms with Gasteiger partial charge in [0, 0.05) is 17.3 Å². The van der Waals surface area contributed by atoms with E-state index in [9.17, 15) is 9.59 Å². The van der Waals surface area contributed by atoms with Crippen LogP contribution in [-0.2, 0) is 0 Å². The van der Waals surface area contributed by atoms with Crippen LogP contribution in [0.5, 0.6) is 0 Å². The summed E-state index contributed by atoms with van der Waals surface area (Å²) in [4.78, 5) is 24.7. The molecule has 0 fully saturated rings. The maximum absolute atomic E-state index is 12.6. The van der Waals surface area contributed by atoms with Crippen molar-refractivity contribution in [1.29, 1.82) is 0 Å². The summed E-state index contributed by atoms with van der Waals surface area (Å²) in [6, 6.07) is 17.7. The zero-order valence-electron chi connectivity index (χ0n) is 15.6. The van der Waals surface area contributed by atoms with Crippen molar-refractivity contribution in [2.45, 2.75) is 19.8 Å². The maximum atomic E-state index is 12.6. The quantitative estimate of drug-likeness (QED) is 0.518. The van der Waals surface area contributed by atoms with E-state index in [1.165, 1.54) is 17.9 Å². The number of hydrogen-bond donors (Lipinski definition) is 1. The van der Waals surface area contributed by atoms with E-state index in [-0.39, 0.29) is 17.1 Å². The Morgan fingerprint density at radius 3 is 2.46 bits per heavy atom. The summed E-state index contributed by atoms with van der Waals surface area (Å²) in [5.41, 5.74) is 2.86. The Balaban J connectivity index is 1.66. The van der Waals surface area contributed by atoms with E-state index in [0.717, 1.165) is 5.56 Å². The molecule has 28 heavy (non-hydrogen) atoms. The first kappa shape index (κ1) is 17.8. The number of carbonyl (C=O) groups excluding carboxylic acids is 1. The number of nitrogens with one attached hydrogen (secondary N) is 1. The molecule has 2 aromatic carbocycles. The Bertz CT molecular complexity index is 1190. The fourth-order valence-electron chi connectivity index (χ4n) is 3.01. The van der Waals surface area contributed by atoms with E-state index in [1.807, 2.05) is 24.3 Å². The van der Waals surface area contributed by atoms with Crippen molar-refractivity contribution in [2.75, 3.05) is 5.32 Å². The van der Waals surface area contributed by atoms with E-state index < -0.39 is 0 Å². The highest BCUT2D eigenvalue weighted by Crippen LogP contribution is 2.26. The van der Waals surface area contributed by atoms with Gasteiger partial charge in [0.05, 0.1) is 11.6 Å². The fraction of sp³-hybridized carbons (Fsp3) is 0.130. The van der Waals surface area contributed by atoms with Crippen LogP contribution in [0.15, 0.2) is 80.6 Å². The van der Waals surface area contributed by atoms with E-state index in [2.05, 4.69) is 19.2 Å². The summed E-state index contributed by atoms with van der Waals surface area (Å²) in [6.07, 6.45) is 1.43. The van der Waals surface area contributed by atoms with Gasteiger partial charge in [-0.2, -0.15) is 0 Å². The van der Waals surface area contributed by atoms with Crippen molar-refractivity contribution in [3.8, 4) is 11.3 Å². The van der Waals surface area contributed by atoms with Gasteiger partial charge >= 0.3 is 0 Å². The van der Waals surface area contributed by atoms with Crippen LogP contribution in [0.1, 0.15) is 35.9 Å². The van der Waals surface area contributed by atoms with Crippen LogP contribution in [0.4, 0.5) is 5.69 Å². The summed E-state index contributed by atoms with van der Waals surface area (Å²) in [5.74, 6) is 0.774. The summed E-state index contributed by atoms with van der Waals surface area (Å²) in [5, 5.41) is 3.12. The lowest BCUT2D eigenvalue weighted by atomic mass is 10.0. The number of benzene rings is 2. The average molecular weight is 373 g/mol. The van der Waals surface area contributed by atoms with Gasteiger partial charge in [-0.15, -0.1) is 0 Å². The van der Waals surface area contributed by atoms with Gasteiger partial charge in [-0.25, -0.2) is 0 Å². The molecule has 0 aliphatic rings. The first-order chi connectivity index (χ1) is 13.5. The van der Waals surface area contributed by atoms with Crippen molar-refractivity contribution in [3.63, 3.8) is 0 Å². The second-order valence-corrected chi connectivity index (χ2v) is 6.89. The Hall–Kier alpha value is -3.60. The lowest BCUT2D eigenvalue weighted by Crippen LogP contribution is -2.11. The van der Waals surface area contributed by atoms with Crippen LogP contribution >= 0.6 is 0 Å². The highest BCUT2D eigenvalue weighted by Gasteiger charge is 2.12. The molecular formula is C23H19NO4. The van der Waals surface area contributed by atoms with Crippen molar-refractivity contribution >= 4 is 22.6 Å². The number of rotatable bonds is 4. The van der Waals surface area contributed by atoms with Gasteiger partial charge in [0.1, 0.15) is 11.3 Å². The highest BCUT2D eigenvalue weighted by molar-refractivity contribution is 6.03. The number of hydrogen-bond acceptors (Lipinski definition) is 4. The topological polar surface area (TPSA) is 72.5 Å². The molecule has 0 atom stereocenters. The van der Waals surface area contributed by atoms with Crippen LogP contribution in [0, 0.1) is 0 Å². The number of furan rings is 1. The summed E-state index contributed by atoms with van der Waals surface area (Å²) in [7, 11) is 0. The van der Waals surface area contributed by atoms with E-state index in [4.69, 9.17) is 8.83 Å². The first-order valence-electron chi connectivity index (χ1n) is 9.04. The number of fused-ring (bicyclic) bond motifs is 1. The monoisotopic (exact) mass is 373 g/mol. The van der Waals surface area contributed by atoms with Gasteiger partial charge in [0.15, 0.2) is 11.2 Å². The normalized spacial score (nSPS) is 11.1. The molecule has 2 heterocycles. The lowest BCUT2D eigenvalue weighted by Gasteiger charge is -2.08. The SMILES string of the molecule is CC(C)c1ccc(-c2cc(=O)c3cc(NC(=O)c4ccco4)ccc3o2)cc1. The first-order valence-corrected chi connectivity index (χ1v) is 9.04. The Labute approximate surface area is 161 Å². The molecule has 5 nitrogen and oxygen atoms in total. The Morgan fingerprint density at radius 1 is 1.00 bits per heavy atom. The minimum atomic E-state index is -0.379. The van der Waals surface area contributed by atoms with Gasteiger partial charge in [0.25, 0.3) is 5.91 Å². The second kappa shape index (κ2) is 7.19. The van der Waals surface area contributed by atoms with Crippen molar-refractivity contribution in [2.24, 2.45) is 0 Å². The van der Waals surface area contributed by atoms with Gasteiger partial charge in [-0.1, -0.05) is 38.1 Å². The van der Waals surface area contributed by atoms with Crippen LogP contribution < -0.4 is 10.7 Å². The van der Waals surface area contributed by atoms with Crippen LogP contribution in [0.2, 0.25) is 0 Å². The van der Waals surface area contributed by atoms with Crippen molar-refractivity contribution in [3.05, 3.63) is 88.5 Å². The molecule has 0 bridgehead atoms. The van der Waals surface area contributed by atoms with Gasteiger partial charge in [-0.05, 0) is 41.8 Å². The summed E-state index contributed by atoms with van der Waals surface area (Å²) >= 11 is 0. The molecular weight excluding hydrogens is 354 g/mol. The molecule has 2 aromatic heterocycles. The van der Waals surface area contributed by atoms with Gasteiger partial charge < -0.3 is 14.2 Å². The molecule has 1 N–H and O–H groups in total. The molecule has 0 aliphatic heterocycles. The lowest BCUT2D eigenvalue weighted by molar-refractivity contribution is 0.0996. The highest BCUT2D eigenvalue weighted by atomic mass is 16.3. The predicted octanol–water partition coefficient (Wildman–Crippen LogP) is 5.43. The minimum absolute atomic E-state index is 0.168. The molecule has 0 saturated heterocycles. The third-order valence-electron chi connectivity index (χ3n) is 4.59. The Morgan fingerprint density at radius 2 is 1.79 bits per heavy atom. The van der Waals surface area contributed by atoms with E-state index >= 15 is 0 Å². The van der Waals surface area contributed by atoms with Gasteiger partial charge in [0.2, 0.25) is 0 Å². The number of anilines is 1. The predicted molar refractivity (Wildman–Crippen MR) is 109 cm³/mol.